The number of benzene rings is 2. The first-order valence-corrected chi connectivity index (χ1v) is 9.06. The molecule has 3 N–H and O–H groups in total. The molecule has 0 bridgehead atoms. The maximum Gasteiger partial charge on any atom is 0.417 e. The Kier molecular flexibility index (Phi) is 6.24. The predicted octanol–water partition coefficient (Wildman–Crippen LogP) is 5.00. The highest BCUT2D eigenvalue weighted by atomic mass is 35.5. The van der Waals surface area contributed by atoms with Crippen LogP contribution in [0.2, 0.25) is 5.02 Å². The highest BCUT2D eigenvalue weighted by molar-refractivity contribution is 6.31. The third kappa shape index (κ3) is 5.16. The van der Waals surface area contributed by atoms with E-state index in [0.29, 0.717) is 17.1 Å². The lowest BCUT2D eigenvalue weighted by molar-refractivity contribution is -0.137. The zero-order valence-corrected chi connectivity index (χ0v) is 16.1. The van der Waals surface area contributed by atoms with E-state index in [1.807, 2.05) is 18.2 Å². The van der Waals surface area contributed by atoms with Crippen LogP contribution in [0.25, 0.3) is 11.3 Å². The molecule has 1 heterocycles. The van der Waals surface area contributed by atoms with Crippen LogP contribution in [0, 0.1) is 0 Å². The predicted molar refractivity (Wildman–Crippen MR) is 107 cm³/mol. The Hall–Kier alpha value is -2.84. The molecule has 1 atom stereocenters. The van der Waals surface area contributed by atoms with Gasteiger partial charge in [-0.2, -0.15) is 18.2 Å². The van der Waals surface area contributed by atoms with Crippen molar-refractivity contribution in [1.82, 2.24) is 9.97 Å². The second kappa shape index (κ2) is 8.67. The number of nitrogens with zero attached hydrogens (tertiary/aromatic N) is 2. The topological polar surface area (TPSA) is 70.1 Å². The van der Waals surface area contributed by atoms with Crippen molar-refractivity contribution in [2.45, 2.75) is 12.3 Å². The van der Waals surface area contributed by atoms with E-state index in [0.717, 1.165) is 11.6 Å². The molecule has 3 aromatic rings. The van der Waals surface area contributed by atoms with Crippen molar-refractivity contribution in [3.63, 3.8) is 0 Å². The number of nitrogens with one attached hydrogen (secondary N) is 2. The zero-order chi connectivity index (χ0) is 21.0. The fourth-order valence-corrected chi connectivity index (χ4v) is 2.98. The standard InChI is InChI=1S/C20H18ClF3N4O/c1-25-19-27-16(13-7-8-14(15(21)9-13)20(22,23)24)10-18(28-19)26-11-17(29)12-5-3-2-4-6-12/h2-10,17,29H,11H2,1H3,(H2,25,26,27,28). The average Bonchev–Trinajstić information content (AvgIpc) is 2.71. The lowest BCUT2D eigenvalue weighted by Gasteiger charge is -2.14. The molecule has 1 unspecified atom stereocenters. The Balaban J connectivity index is 1.85. The van der Waals surface area contributed by atoms with E-state index < -0.39 is 22.9 Å². The van der Waals surface area contributed by atoms with Crippen LogP contribution in [-0.2, 0) is 6.18 Å². The summed E-state index contributed by atoms with van der Waals surface area (Å²) < 4.78 is 38.8. The first kappa shape index (κ1) is 20.9. The fourth-order valence-electron chi connectivity index (χ4n) is 2.70. The number of rotatable bonds is 6. The lowest BCUT2D eigenvalue weighted by Crippen LogP contribution is -2.14. The number of hydrogen-bond acceptors (Lipinski definition) is 5. The second-order valence-corrected chi connectivity index (χ2v) is 6.62. The van der Waals surface area contributed by atoms with Crippen molar-refractivity contribution in [3.05, 3.63) is 70.7 Å². The molecule has 0 fully saturated rings. The summed E-state index contributed by atoms with van der Waals surface area (Å²) in [7, 11) is 1.63. The normalized spacial score (nSPS) is 12.5. The van der Waals surface area contributed by atoms with Crippen LogP contribution in [0.5, 0.6) is 0 Å². The lowest BCUT2D eigenvalue weighted by atomic mass is 10.1. The van der Waals surface area contributed by atoms with Crippen LogP contribution in [0.1, 0.15) is 17.2 Å². The number of alkyl halides is 3. The maximum atomic E-state index is 12.9. The van der Waals surface area contributed by atoms with Crippen molar-refractivity contribution in [2.24, 2.45) is 0 Å². The quantitative estimate of drug-likeness (QED) is 0.521. The molecule has 0 aliphatic rings. The van der Waals surface area contributed by atoms with E-state index in [4.69, 9.17) is 11.6 Å². The van der Waals surface area contributed by atoms with E-state index in [-0.39, 0.29) is 12.5 Å². The average molecular weight is 423 g/mol. The largest absolute Gasteiger partial charge is 0.417 e. The van der Waals surface area contributed by atoms with Gasteiger partial charge < -0.3 is 15.7 Å². The van der Waals surface area contributed by atoms with Crippen LogP contribution in [0.15, 0.2) is 54.6 Å². The van der Waals surface area contributed by atoms with Crippen molar-refractivity contribution in [3.8, 4) is 11.3 Å². The first-order chi connectivity index (χ1) is 13.8. The van der Waals surface area contributed by atoms with Gasteiger partial charge in [-0.15, -0.1) is 0 Å². The van der Waals surface area contributed by atoms with Crippen molar-refractivity contribution < 1.29 is 18.3 Å². The summed E-state index contributed by atoms with van der Waals surface area (Å²) in [4.78, 5) is 8.54. The minimum absolute atomic E-state index is 0.192. The van der Waals surface area contributed by atoms with E-state index in [2.05, 4.69) is 20.6 Å². The number of aliphatic hydroxyl groups excluding tert-OH is 1. The van der Waals surface area contributed by atoms with E-state index >= 15 is 0 Å². The Morgan fingerprint density at radius 3 is 2.41 bits per heavy atom. The van der Waals surface area contributed by atoms with Gasteiger partial charge in [-0.1, -0.05) is 48.0 Å². The summed E-state index contributed by atoms with van der Waals surface area (Å²) in [6.07, 6.45) is -5.29. The molecular formula is C20H18ClF3N4O. The molecule has 5 nitrogen and oxygen atoms in total. The molecule has 152 valence electrons. The van der Waals surface area contributed by atoms with Crippen LogP contribution < -0.4 is 10.6 Å². The summed E-state index contributed by atoms with van der Waals surface area (Å²) in [6.45, 7) is 0.192. The highest BCUT2D eigenvalue weighted by Crippen LogP contribution is 2.36. The summed E-state index contributed by atoms with van der Waals surface area (Å²) in [5.74, 6) is 0.681. The molecule has 0 aliphatic carbocycles. The number of aliphatic hydroxyl groups is 1. The molecule has 0 saturated carbocycles. The van der Waals surface area contributed by atoms with E-state index in [1.165, 1.54) is 12.1 Å². The molecule has 29 heavy (non-hydrogen) atoms. The summed E-state index contributed by atoms with van der Waals surface area (Å²) in [6, 6.07) is 14.1. The maximum absolute atomic E-state index is 12.9. The van der Waals surface area contributed by atoms with Crippen LogP contribution in [0.4, 0.5) is 24.9 Å². The number of halogens is 4. The van der Waals surface area contributed by atoms with Gasteiger partial charge in [-0.3, -0.25) is 0 Å². The van der Waals surface area contributed by atoms with Crippen molar-refractivity contribution in [2.75, 3.05) is 24.2 Å². The summed E-state index contributed by atoms with van der Waals surface area (Å²) in [5, 5.41) is 15.7. The van der Waals surface area contributed by atoms with Crippen molar-refractivity contribution >= 4 is 23.4 Å². The number of anilines is 2. The van der Waals surface area contributed by atoms with E-state index in [1.54, 1.807) is 25.2 Å². The molecule has 1 aromatic heterocycles. The first-order valence-electron chi connectivity index (χ1n) is 8.69. The number of aromatic nitrogens is 2. The van der Waals surface area contributed by atoms with Crippen LogP contribution in [0.3, 0.4) is 0 Å². The molecular weight excluding hydrogens is 405 g/mol. The Labute approximate surface area is 170 Å². The number of hydrogen-bond donors (Lipinski definition) is 3. The van der Waals surface area contributed by atoms with E-state index in [9.17, 15) is 18.3 Å². The van der Waals surface area contributed by atoms with Gasteiger partial charge in [0.05, 0.1) is 22.4 Å². The third-order valence-electron chi connectivity index (χ3n) is 4.18. The monoisotopic (exact) mass is 422 g/mol. The highest BCUT2D eigenvalue weighted by Gasteiger charge is 2.33. The molecule has 2 aromatic carbocycles. The van der Waals surface area contributed by atoms with Gasteiger partial charge in [0.25, 0.3) is 0 Å². The molecule has 0 radical (unpaired) electrons. The van der Waals surface area contributed by atoms with Gasteiger partial charge in [0.15, 0.2) is 0 Å². The minimum atomic E-state index is -4.53. The molecule has 3 rings (SSSR count). The molecule has 0 spiro atoms. The third-order valence-corrected chi connectivity index (χ3v) is 4.49. The fraction of sp³-hybridized carbons (Fsp3) is 0.200. The summed E-state index contributed by atoms with van der Waals surface area (Å²) >= 11 is 5.82. The van der Waals surface area contributed by atoms with Gasteiger partial charge in [-0.25, -0.2) is 4.98 Å². The van der Waals surface area contributed by atoms with Gasteiger partial charge >= 0.3 is 6.18 Å². The van der Waals surface area contributed by atoms with Gasteiger partial charge in [0.2, 0.25) is 5.95 Å². The molecule has 0 aliphatic heterocycles. The zero-order valence-electron chi connectivity index (χ0n) is 15.3. The minimum Gasteiger partial charge on any atom is -0.387 e. The van der Waals surface area contributed by atoms with Crippen LogP contribution in [-0.4, -0.2) is 28.7 Å². The molecule has 0 saturated heterocycles. The second-order valence-electron chi connectivity index (χ2n) is 6.21. The van der Waals surface area contributed by atoms with Gasteiger partial charge in [0, 0.05) is 25.2 Å². The van der Waals surface area contributed by atoms with Crippen molar-refractivity contribution in [1.29, 1.82) is 0 Å². The Morgan fingerprint density at radius 2 is 1.79 bits per heavy atom. The molecule has 0 amide bonds. The SMILES string of the molecule is CNc1nc(NCC(O)c2ccccc2)cc(-c2ccc(C(F)(F)F)c(Cl)c2)n1. The van der Waals surface area contributed by atoms with Gasteiger partial charge in [-0.05, 0) is 17.7 Å². The Bertz CT molecular complexity index is 983. The molecule has 9 heteroatoms. The summed E-state index contributed by atoms with van der Waals surface area (Å²) in [5.41, 5.74) is 0.637. The van der Waals surface area contributed by atoms with Crippen LogP contribution >= 0.6 is 11.6 Å². The van der Waals surface area contributed by atoms with Gasteiger partial charge in [0.1, 0.15) is 5.82 Å². The smallest absolute Gasteiger partial charge is 0.387 e. The Morgan fingerprint density at radius 1 is 1.07 bits per heavy atom.